The highest BCUT2D eigenvalue weighted by Crippen LogP contribution is 2.23. The van der Waals surface area contributed by atoms with Gasteiger partial charge in [0.05, 0.1) is 12.7 Å². The van der Waals surface area contributed by atoms with Crippen molar-refractivity contribution in [3.05, 3.63) is 29.3 Å². The molecule has 0 aliphatic carbocycles. The second-order valence-electron chi connectivity index (χ2n) is 4.39. The molecule has 1 aromatic rings. The van der Waals surface area contributed by atoms with Crippen LogP contribution in [0.4, 0.5) is 0 Å². The average molecular weight is 232 g/mol. The van der Waals surface area contributed by atoms with Crippen molar-refractivity contribution < 1.29 is 9.84 Å². The first-order chi connectivity index (χ1) is 8.26. The van der Waals surface area contributed by atoms with E-state index in [1.54, 1.807) is 13.2 Å². The van der Waals surface area contributed by atoms with E-state index in [2.05, 4.69) is 11.0 Å². The van der Waals surface area contributed by atoms with Crippen LogP contribution in [0, 0.1) is 17.2 Å². The number of aliphatic hydroxyl groups is 1. The first kappa shape index (κ1) is 11.9. The largest absolute Gasteiger partial charge is 0.495 e. The predicted octanol–water partition coefficient (Wildman–Crippen LogP) is 0.991. The van der Waals surface area contributed by atoms with Crippen molar-refractivity contribution in [2.75, 3.05) is 26.8 Å². The summed E-state index contributed by atoms with van der Waals surface area (Å²) in [5.74, 6) is 1.06. The summed E-state index contributed by atoms with van der Waals surface area (Å²) in [5, 5.41) is 17.8. The third-order valence-electron chi connectivity index (χ3n) is 3.08. The molecule has 4 heteroatoms. The Morgan fingerprint density at radius 1 is 1.53 bits per heavy atom. The van der Waals surface area contributed by atoms with Gasteiger partial charge in [0.15, 0.2) is 0 Å². The van der Waals surface area contributed by atoms with E-state index in [1.807, 2.05) is 12.1 Å². The molecule has 0 bridgehead atoms. The third kappa shape index (κ3) is 2.57. The Morgan fingerprint density at radius 2 is 2.29 bits per heavy atom. The number of rotatable bonds is 4. The van der Waals surface area contributed by atoms with Crippen molar-refractivity contribution in [2.45, 2.75) is 6.54 Å². The molecule has 17 heavy (non-hydrogen) atoms. The van der Waals surface area contributed by atoms with Crippen LogP contribution in [0.3, 0.4) is 0 Å². The molecule has 0 amide bonds. The van der Waals surface area contributed by atoms with Gasteiger partial charge in [-0.15, -0.1) is 0 Å². The summed E-state index contributed by atoms with van der Waals surface area (Å²) < 4.78 is 5.17. The molecule has 2 rings (SSSR count). The SMILES string of the molecule is COc1cc(CN2CC(CO)C2)ccc1C#N. The van der Waals surface area contributed by atoms with E-state index in [-0.39, 0.29) is 6.61 Å². The van der Waals surface area contributed by atoms with Crippen LogP contribution in [0.1, 0.15) is 11.1 Å². The maximum absolute atomic E-state index is 8.94. The Labute approximate surface area is 101 Å². The highest BCUT2D eigenvalue weighted by molar-refractivity contribution is 5.45. The van der Waals surface area contributed by atoms with Gasteiger partial charge < -0.3 is 9.84 Å². The Balaban J connectivity index is 2.01. The van der Waals surface area contributed by atoms with Crippen LogP contribution in [0.15, 0.2) is 18.2 Å². The molecule has 0 saturated carbocycles. The average Bonchev–Trinajstić information content (AvgIpc) is 2.32. The van der Waals surface area contributed by atoms with E-state index < -0.39 is 0 Å². The van der Waals surface area contributed by atoms with Crippen molar-refractivity contribution in [3.63, 3.8) is 0 Å². The Bertz CT molecular complexity index is 434. The monoisotopic (exact) mass is 232 g/mol. The molecule has 0 spiro atoms. The lowest BCUT2D eigenvalue weighted by Crippen LogP contribution is -2.47. The second kappa shape index (κ2) is 5.17. The van der Waals surface area contributed by atoms with E-state index in [0.29, 0.717) is 17.2 Å². The molecule has 1 N–H and O–H groups in total. The number of methoxy groups -OCH3 is 1. The van der Waals surface area contributed by atoms with Crippen molar-refractivity contribution in [1.29, 1.82) is 5.26 Å². The molecule has 4 nitrogen and oxygen atoms in total. The minimum Gasteiger partial charge on any atom is -0.495 e. The van der Waals surface area contributed by atoms with Gasteiger partial charge in [0.25, 0.3) is 0 Å². The van der Waals surface area contributed by atoms with Crippen molar-refractivity contribution in [3.8, 4) is 11.8 Å². The van der Waals surface area contributed by atoms with Gasteiger partial charge in [0, 0.05) is 32.2 Å². The minimum absolute atomic E-state index is 0.271. The Hall–Kier alpha value is -1.57. The van der Waals surface area contributed by atoms with Crippen LogP contribution < -0.4 is 4.74 Å². The number of ether oxygens (including phenoxy) is 1. The molecule has 0 unspecified atom stereocenters. The lowest BCUT2D eigenvalue weighted by molar-refractivity contribution is 0.0479. The maximum atomic E-state index is 8.94. The fourth-order valence-electron chi connectivity index (χ4n) is 2.11. The quantitative estimate of drug-likeness (QED) is 0.841. The summed E-state index contributed by atoms with van der Waals surface area (Å²) in [6.07, 6.45) is 0. The van der Waals surface area contributed by atoms with Crippen LogP contribution in [-0.4, -0.2) is 36.8 Å². The van der Waals surface area contributed by atoms with Gasteiger partial charge in [-0.05, 0) is 17.7 Å². The first-order valence-electron chi connectivity index (χ1n) is 5.67. The molecule has 1 fully saturated rings. The Kier molecular flexibility index (Phi) is 3.62. The molecule has 1 saturated heterocycles. The van der Waals surface area contributed by atoms with E-state index in [4.69, 9.17) is 15.1 Å². The van der Waals surface area contributed by atoms with Gasteiger partial charge in [-0.3, -0.25) is 4.90 Å². The second-order valence-corrected chi connectivity index (χ2v) is 4.39. The lowest BCUT2D eigenvalue weighted by atomic mass is 10.00. The molecule has 0 aromatic heterocycles. The predicted molar refractivity (Wildman–Crippen MR) is 63.6 cm³/mol. The zero-order chi connectivity index (χ0) is 12.3. The topological polar surface area (TPSA) is 56.5 Å². The van der Waals surface area contributed by atoms with Crippen molar-refractivity contribution in [2.24, 2.45) is 5.92 Å². The molecule has 0 atom stereocenters. The summed E-state index contributed by atoms with van der Waals surface area (Å²) in [4.78, 5) is 2.27. The standard InChI is InChI=1S/C13H16N2O2/c1-17-13-4-10(2-3-12(13)5-14)6-15-7-11(8-15)9-16/h2-4,11,16H,6-9H2,1H3. The normalized spacial score (nSPS) is 16.3. The molecular weight excluding hydrogens is 216 g/mol. The lowest BCUT2D eigenvalue weighted by Gasteiger charge is -2.38. The summed E-state index contributed by atoms with van der Waals surface area (Å²) >= 11 is 0. The summed E-state index contributed by atoms with van der Waals surface area (Å²) in [6.45, 7) is 3.00. The van der Waals surface area contributed by atoms with Crippen LogP contribution in [0.5, 0.6) is 5.75 Å². The first-order valence-corrected chi connectivity index (χ1v) is 5.67. The van der Waals surface area contributed by atoms with Gasteiger partial charge >= 0.3 is 0 Å². The van der Waals surface area contributed by atoms with Crippen molar-refractivity contribution >= 4 is 0 Å². The zero-order valence-corrected chi connectivity index (χ0v) is 9.89. The maximum Gasteiger partial charge on any atom is 0.136 e. The van der Waals surface area contributed by atoms with E-state index in [9.17, 15) is 0 Å². The highest BCUT2D eigenvalue weighted by Gasteiger charge is 2.25. The van der Waals surface area contributed by atoms with Gasteiger partial charge in [0.1, 0.15) is 11.8 Å². The molecule has 1 aliphatic heterocycles. The number of benzene rings is 1. The number of nitrogens with zero attached hydrogens (tertiary/aromatic N) is 2. The number of aliphatic hydroxyl groups excluding tert-OH is 1. The minimum atomic E-state index is 0.271. The Morgan fingerprint density at radius 3 is 2.88 bits per heavy atom. The number of likely N-dealkylation sites (tertiary alicyclic amines) is 1. The van der Waals surface area contributed by atoms with E-state index in [0.717, 1.165) is 25.2 Å². The smallest absolute Gasteiger partial charge is 0.136 e. The van der Waals surface area contributed by atoms with Crippen LogP contribution in [0.25, 0.3) is 0 Å². The summed E-state index contributed by atoms with van der Waals surface area (Å²) in [6, 6.07) is 7.75. The molecule has 0 radical (unpaired) electrons. The molecule has 1 heterocycles. The summed E-state index contributed by atoms with van der Waals surface area (Å²) in [5.41, 5.74) is 1.70. The molecule has 1 aromatic carbocycles. The molecule has 90 valence electrons. The highest BCUT2D eigenvalue weighted by atomic mass is 16.5. The van der Waals surface area contributed by atoms with Crippen LogP contribution >= 0.6 is 0 Å². The zero-order valence-electron chi connectivity index (χ0n) is 9.89. The fourth-order valence-corrected chi connectivity index (χ4v) is 2.11. The van der Waals surface area contributed by atoms with Crippen LogP contribution in [-0.2, 0) is 6.54 Å². The van der Waals surface area contributed by atoms with E-state index in [1.165, 1.54) is 0 Å². The van der Waals surface area contributed by atoms with Crippen molar-refractivity contribution in [1.82, 2.24) is 4.90 Å². The van der Waals surface area contributed by atoms with Gasteiger partial charge in [-0.25, -0.2) is 0 Å². The fraction of sp³-hybridized carbons (Fsp3) is 0.462. The molecular formula is C13H16N2O2. The van der Waals surface area contributed by atoms with Gasteiger partial charge in [-0.2, -0.15) is 5.26 Å². The molecule has 1 aliphatic rings. The number of hydrogen-bond acceptors (Lipinski definition) is 4. The number of nitriles is 1. The van der Waals surface area contributed by atoms with Crippen LogP contribution in [0.2, 0.25) is 0 Å². The number of hydrogen-bond donors (Lipinski definition) is 1. The third-order valence-corrected chi connectivity index (χ3v) is 3.08. The van der Waals surface area contributed by atoms with E-state index >= 15 is 0 Å². The van der Waals surface area contributed by atoms with Gasteiger partial charge in [0.2, 0.25) is 0 Å². The van der Waals surface area contributed by atoms with Gasteiger partial charge in [-0.1, -0.05) is 6.07 Å². The summed E-state index contributed by atoms with van der Waals surface area (Å²) in [7, 11) is 1.57.